The molecular formula is C8H6N2O3. The Morgan fingerprint density at radius 1 is 1.54 bits per heavy atom. The topological polar surface area (TPSA) is 76.2 Å². The minimum Gasteiger partial charge on any atom is -0.477 e. The van der Waals surface area contributed by atoms with Crippen molar-refractivity contribution in [3.8, 4) is 0 Å². The van der Waals surface area contributed by atoms with Crippen molar-refractivity contribution in [3.05, 3.63) is 23.5 Å². The predicted octanol–water partition coefficient (Wildman–Crippen LogP) is 1.23. The van der Waals surface area contributed by atoms with Crippen LogP contribution in [0.25, 0.3) is 11.1 Å². The number of aromatic carboxylic acids is 1. The molecule has 66 valence electrons. The van der Waals surface area contributed by atoms with Crippen LogP contribution in [0, 0.1) is 6.92 Å². The van der Waals surface area contributed by atoms with Crippen molar-refractivity contribution in [2.75, 3.05) is 0 Å². The van der Waals surface area contributed by atoms with E-state index in [0.717, 1.165) is 5.39 Å². The normalized spacial score (nSPS) is 10.5. The van der Waals surface area contributed by atoms with E-state index in [2.05, 4.69) is 10.1 Å². The van der Waals surface area contributed by atoms with Gasteiger partial charge >= 0.3 is 5.97 Å². The van der Waals surface area contributed by atoms with Gasteiger partial charge in [-0.15, -0.1) is 0 Å². The lowest BCUT2D eigenvalue weighted by molar-refractivity contribution is 0.0690. The van der Waals surface area contributed by atoms with Gasteiger partial charge in [0, 0.05) is 0 Å². The number of hydrogen-bond acceptors (Lipinski definition) is 4. The highest BCUT2D eigenvalue weighted by molar-refractivity contribution is 5.88. The summed E-state index contributed by atoms with van der Waals surface area (Å²) in [6, 6.07) is 3.06. The van der Waals surface area contributed by atoms with E-state index in [1.807, 2.05) is 0 Å². The average Bonchev–Trinajstić information content (AvgIpc) is 2.47. The highest BCUT2D eigenvalue weighted by atomic mass is 16.5. The Labute approximate surface area is 73.0 Å². The van der Waals surface area contributed by atoms with Crippen LogP contribution in [0.15, 0.2) is 16.7 Å². The van der Waals surface area contributed by atoms with E-state index in [9.17, 15) is 4.79 Å². The van der Waals surface area contributed by atoms with Crippen LogP contribution >= 0.6 is 0 Å². The fourth-order valence-corrected chi connectivity index (χ4v) is 1.07. The lowest BCUT2D eigenvalue weighted by Gasteiger charge is -1.90. The van der Waals surface area contributed by atoms with Gasteiger partial charge in [-0.3, -0.25) is 0 Å². The summed E-state index contributed by atoms with van der Waals surface area (Å²) in [7, 11) is 0. The minimum absolute atomic E-state index is 0.0383. The Hall–Kier alpha value is -1.91. The molecule has 0 amide bonds. The van der Waals surface area contributed by atoms with E-state index in [1.165, 1.54) is 6.07 Å². The summed E-state index contributed by atoms with van der Waals surface area (Å²) in [5.74, 6) is -1.07. The molecule has 1 N–H and O–H groups in total. The molecule has 0 atom stereocenters. The fourth-order valence-electron chi connectivity index (χ4n) is 1.07. The summed E-state index contributed by atoms with van der Waals surface area (Å²) in [6.45, 7) is 1.77. The number of pyridine rings is 1. The standard InChI is InChI=1S/C8H6N2O3/c1-4-5-2-3-6(8(11)12)9-7(5)13-10-4/h2-3H,1H3,(H,11,12). The Kier molecular flexibility index (Phi) is 1.51. The molecular weight excluding hydrogens is 172 g/mol. The second kappa shape index (κ2) is 2.55. The first kappa shape index (κ1) is 7.72. The maximum atomic E-state index is 10.5. The molecule has 2 heterocycles. The van der Waals surface area contributed by atoms with Crippen LogP contribution in [0.3, 0.4) is 0 Å². The van der Waals surface area contributed by atoms with E-state index < -0.39 is 5.97 Å². The Morgan fingerprint density at radius 3 is 3.00 bits per heavy atom. The lowest BCUT2D eigenvalue weighted by atomic mass is 10.2. The second-order valence-corrected chi connectivity index (χ2v) is 2.62. The number of aryl methyl sites for hydroxylation is 1. The molecule has 0 saturated carbocycles. The van der Waals surface area contributed by atoms with Crippen molar-refractivity contribution in [2.24, 2.45) is 0 Å². The van der Waals surface area contributed by atoms with Gasteiger partial charge in [-0.05, 0) is 19.1 Å². The second-order valence-electron chi connectivity index (χ2n) is 2.62. The van der Waals surface area contributed by atoms with Gasteiger partial charge in [0.1, 0.15) is 0 Å². The molecule has 2 aromatic rings. The van der Waals surface area contributed by atoms with Crippen LogP contribution < -0.4 is 0 Å². The van der Waals surface area contributed by atoms with E-state index in [-0.39, 0.29) is 11.4 Å². The molecule has 2 aromatic heterocycles. The van der Waals surface area contributed by atoms with Crippen LogP contribution in [0.4, 0.5) is 0 Å². The summed E-state index contributed by atoms with van der Waals surface area (Å²) >= 11 is 0. The molecule has 0 aliphatic heterocycles. The highest BCUT2D eigenvalue weighted by Crippen LogP contribution is 2.15. The molecule has 0 radical (unpaired) electrons. The first-order chi connectivity index (χ1) is 6.18. The third-order valence-electron chi connectivity index (χ3n) is 1.74. The van der Waals surface area contributed by atoms with E-state index in [4.69, 9.17) is 9.63 Å². The zero-order valence-corrected chi connectivity index (χ0v) is 6.81. The summed E-state index contributed by atoms with van der Waals surface area (Å²) < 4.78 is 4.82. The third kappa shape index (κ3) is 1.14. The molecule has 2 rings (SSSR count). The van der Waals surface area contributed by atoms with E-state index >= 15 is 0 Å². The van der Waals surface area contributed by atoms with Crippen molar-refractivity contribution in [1.82, 2.24) is 10.1 Å². The summed E-state index contributed by atoms with van der Waals surface area (Å²) in [5, 5.41) is 13.0. The Balaban J connectivity index is 2.70. The SMILES string of the molecule is Cc1noc2nc(C(=O)O)ccc12. The van der Waals surface area contributed by atoms with Crippen molar-refractivity contribution in [1.29, 1.82) is 0 Å². The molecule has 0 spiro atoms. The summed E-state index contributed by atoms with van der Waals surface area (Å²) in [5.41, 5.74) is 0.931. The molecule has 0 aromatic carbocycles. The number of carbonyl (C=O) groups is 1. The monoisotopic (exact) mass is 178 g/mol. The summed E-state index contributed by atoms with van der Waals surface area (Å²) in [6.07, 6.45) is 0. The van der Waals surface area contributed by atoms with Gasteiger partial charge in [-0.2, -0.15) is 0 Å². The fraction of sp³-hybridized carbons (Fsp3) is 0.125. The zero-order chi connectivity index (χ0) is 9.42. The lowest BCUT2D eigenvalue weighted by Crippen LogP contribution is -1.98. The van der Waals surface area contributed by atoms with Gasteiger partial charge in [0.25, 0.3) is 5.71 Å². The summed E-state index contributed by atoms with van der Waals surface area (Å²) in [4.78, 5) is 14.3. The third-order valence-corrected chi connectivity index (χ3v) is 1.74. The Morgan fingerprint density at radius 2 is 2.31 bits per heavy atom. The van der Waals surface area contributed by atoms with Gasteiger partial charge in [-0.25, -0.2) is 9.78 Å². The van der Waals surface area contributed by atoms with Crippen LogP contribution in [-0.4, -0.2) is 21.2 Å². The maximum absolute atomic E-state index is 10.5. The first-order valence-electron chi connectivity index (χ1n) is 3.65. The quantitative estimate of drug-likeness (QED) is 0.710. The molecule has 0 bridgehead atoms. The molecule has 0 saturated heterocycles. The van der Waals surface area contributed by atoms with Crippen LogP contribution in [0.1, 0.15) is 16.2 Å². The number of hydrogen-bond donors (Lipinski definition) is 1. The van der Waals surface area contributed by atoms with Gasteiger partial charge in [-0.1, -0.05) is 5.16 Å². The van der Waals surface area contributed by atoms with Crippen molar-refractivity contribution >= 4 is 17.1 Å². The number of carboxylic acid groups (broad SMARTS) is 1. The molecule has 13 heavy (non-hydrogen) atoms. The van der Waals surface area contributed by atoms with Crippen molar-refractivity contribution < 1.29 is 14.4 Å². The van der Waals surface area contributed by atoms with E-state index in [1.54, 1.807) is 13.0 Å². The van der Waals surface area contributed by atoms with Crippen LogP contribution in [0.2, 0.25) is 0 Å². The molecule has 5 nitrogen and oxygen atoms in total. The largest absolute Gasteiger partial charge is 0.477 e. The van der Waals surface area contributed by atoms with E-state index in [0.29, 0.717) is 5.69 Å². The zero-order valence-electron chi connectivity index (χ0n) is 6.81. The number of fused-ring (bicyclic) bond motifs is 1. The average molecular weight is 178 g/mol. The van der Waals surface area contributed by atoms with Gasteiger partial charge in [0.15, 0.2) is 5.69 Å². The van der Waals surface area contributed by atoms with Gasteiger partial charge in [0.05, 0.1) is 11.1 Å². The maximum Gasteiger partial charge on any atom is 0.354 e. The van der Waals surface area contributed by atoms with Crippen LogP contribution in [0.5, 0.6) is 0 Å². The minimum atomic E-state index is -1.07. The Bertz CT molecular complexity index is 475. The van der Waals surface area contributed by atoms with Gasteiger partial charge in [0.2, 0.25) is 0 Å². The van der Waals surface area contributed by atoms with Crippen molar-refractivity contribution in [2.45, 2.75) is 6.92 Å². The van der Waals surface area contributed by atoms with Crippen molar-refractivity contribution in [3.63, 3.8) is 0 Å². The highest BCUT2D eigenvalue weighted by Gasteiger charge is 2.09. The molecule has 0 unspecified atom stereocenters. The molecule has 0 aliphatic rings. The molecule has 0 aliphatic carbocycles. The first-order valence-corrected chi connectivity index (χ1v) is 3.65. The molecule has 5 heteroatoms. The molecule has 0 fully saturated rings. The van der Waals surface area contributed by atoms with Gasteiger partial charge < -0.3 is 9.63 Å². The number of aromatic nitrogens is 2. The number of carboxylic acids is 1. The van der Waals surface area contributed by atoms with Crippen LogP contribution in [-0.2, 0) is 0 Å². The predicted molar refractivity (Wildman–Crippen MR) is 43.5 cm³/mol. The number of nitrogens with zero attached hydrogens (tertiary/aromatic N) is 2. The number of rotatable bonds is 1. The smallest absolute Gasteiger partial charge is 0.354 e.